The lowest BCUT2D eigenvalue weighted by Gasteiger charge is -2.10. The van der Waals surface area contributed by atoms with Gasteiger partial charge in [0.05, 0.1) is 29.6 Å². The minimum atomic E-state index is -1.44. The summed E-state index contributed by atoms with van der Waals surface area (Å²) in [6, 6.07) is 17.5. The molecule has 0 atom stereocenters. The van der Waals surface area contributed by atoms with E-state index in [1.165, 1.54) is 30.2 Å². The standard InChI is InChI=1S/C30H24N2O8S2/c1-16-6-8-17(9-7-16)23-14-42-27(25(23)30(39)40-2)32-24(33)15-41-20-5-3-4-19(13-20)31-26(34)21-11-10-18(28(35)36)12-22(21)29(37)38/h3-14H,15H2,1-2H3,(H,31,34)(H,32,33)(H,35,36)(H,37,38). The fraction of sp³-hybridized carbons (Fsp3) is 0.100. The number of methoxy groups -OCH3 is 1. The van der Waals surface area contributed by atoms with Crippen LogP contribution >= 0.6 is 23.1 Å². The molecule has 10 nitrogen and oxygen atoms in total. The van der Waals surface area contributed by atoms with E-state index < -0.39 is 29.4 Å². The molecule has 4 rings (SSSR count). The summed E-state index contributed by atoms with van der Waals surface area (Å²) >= 11 is 2.41. The van der Waals surface area contributed by atoms with E-state index in [-0.39, 0.29) is 28.4 Å². The predicted octanol–water partition coefficient (Wildman–Crippen LogP) is 5.89. The lowest BCUT2D eigenvalue weighted by molar-refractivity contribution is -0.113. The van der Waals surface area contributed by atoms with Crippen LogP contribution in [0.2, 0.25) is 0 Å². The molecule has 214 valence electrons. The molecule has 0 aliphatic heterocycles. The zero-order valence-corrected chi connectivity index (χ0v) is 23.9. The number of nitrogens with one attached hydrogen (secondary N) is 2. The minimum absolute atomic E-state index is 0.00437. The number of benzene rings is 3. The Morgan fingerprint density at radius 3 is 2.29 bits per heavy atom. The normalized spacial score (nSPS) is 10.5. The highest BCUT2D eigenvalue weighted by molar-refractivity contribution is 8.00. The molecule has 4 N–H and O–H groups in total. The molecular formula is C30H24N2O8S2. The van der Waals surface area contributed by atoms with Gasteiger partial charge >= 0.3 is 17.9 Å². The van der Waals surface area contributed by atoms with Gasteiger partial charge in [-0.25, -0.2) is 14.4 Å². The Kier molecular flexibility index (Phi) is 9.40. The van der Waals surface area contributed by atoms with Crippen molar-refractivity contribution in [2.75, 3.05) is 23.5 Å². The van der Waals surface area contributed by atoms with Crippen LogP contribution in [0.15, 0.2) is 77.0 Å². The number of carbonyl (C=O) groups is 5. The Balaban J connectivity index is 1.44. The number of carboxylic acids is 2. The smallest absolute Gasteiger partial charge is 0.341 e. The summed E-state index contributed by atoms with van der Waals surface area (Å²) in [5.74, 6) is -4.42. The van der Waals surface area contributed by atoms with Crippen LogP contribution in [0, 0.1) is 6.92 Å². The molecular weight excluding hydrogens is 580 g/mol. The lowest BCUT2D eigenvalue weighted by atomic mass is 10.0. The summed E-state index contributed by atoms with van der Waals surface area (Å²) in [6.45, 7) is 1.96. The molecule has 0 saturated carbocycles. The van der Waals surface area contributed by atoms with Gasteiger partial charge in [-0.05, 0) is 48.9 Å². The highest BCUT2D eigenvalue weighted by Gasteiger charge is 2.23. The van der Waals surface area contributed by atoms with Gasteiger partial charge in [-0.1, -0.05) is 35.9 Å². The van der Waals surface area contributed by atoms with E-state index in [9.17, 15) is 29.1 Å². The quantitative estimate of drug-likeness (QED) is 0.128. The molecule has 0 saturated heterocycles. The first-order valence-corrected chi connectivity index (χ1v) is 14.2. The fourth-order valence-electron chi connectivity index (χ4n) is 3.93. The van der Waals surface area contributed by atoms with E-state index in [1.807, 2.05) is 31.2 Å². The molecule has 12 heteroatoms. The number of esters is 1. The van der Waals surface area contributed by atoms with E-state index >= 15 is 0 Å². The van der Waals surface area contributed by atoms with Crippen LogP contribution in [0.5, 0.6) is 0 Å². The molecule has 0 fully saturated rings. The molecule has 0 radical (unpaired) electrons. The molecule has 3 aromatic carbocycles. The first kappa shape index (κ1) is 30.0. The van der Waals surface area contributed by atoms with Crippen molar-refractivity contribution in [3.8, 4) is 11.1 Å². The highest BCUT2D eigenvalue weighted by Crippen LogP contribution is 2.36. The third-order valence-electron chi connectivity index (χ3n) is 6.00. The fourth-order valence-corrected chi connectivity index (χ4v) is 5.65. The zero-order chi connectivity index (χ0) is 30.4. The van der Waals surface area contributed by atoms with Crippen molar-refractivity contribution in [3.63, 3.8) is 0 Å². The van der Waals surface area contributed by atoms with E-state index in [1.54, 1.807) is 29.6 Å². The third-order valence-corrected chi connectivity index (χ3v) is 7.89. The minimum Gasteiger partial charge on any atom is -0.478 e. The molecule has 2 amide bonds. The summed E-state index contributed by atoms with van der Waals surface area (Å²) in [4.78, 5) is 61.6. The summed E-state index contributed by atoms with van der Waals surface area (Å²) < 4.78 is 4.96. The predicted molar refractivity (Wildman–Crippen MR) is 160 cm³/mol. The van der Waals surface area contributed by atoms with Crippen molar-refractivity contribution < 1.29 is 38.9 Å². The first-order valence-electron chi connectivity index (χ1n) is 12.3. The molecule has 0 spiro atoms. The van der Waals surface area contributed by atoms with Crippen molar-refractivity contribution in [1.82, 2.24) is 0 Å². The summed E-state index contributed by atoms with van der Waals surface area (Å²) in [6.07, 6.45) is 0. The van der Waals surface area contributed by atoms with Crippen molar-refractivity contribution in [2.45, 2.75) is 11.8 Å². The van der Waals surface area contributed by atoms with Crippen LogP contribution in [-0.4, -0.2) is 52.8 Å². The number of aromatic carboxylic acids is 2. The van der Waals surface area contributed by atoms with E-state index in [0.717, 1.165) is 29.3 Å². The van der Waals surface area contributed by atoms with E-state index in [0.29, 0.717) is 21.1 Å². The lowest BCUT2D eigenvalue weighted by Crippen LogP contribution is -2.17. The van der Waals surface area contributed by atoms with E-state index in [4.69, 9.17) is 9.84 Å². The molecule has 0 aliphatic carbocycles. The van der Waals surface area contributed by atoms with Gasteiger partial charge in [0.1, 0.15) is 10.6 Å². The van der Waals surface area contributed by atoms with Gasteiger partial charge < -0.3 is 25.6 Å². The van der Waals surface area contributed by atoms with Gasteiger partial charge in [-0.3, -0.25) is 9.59 Å². The van der Waals surface area contributed by atoms with Gasteiger partial charge in [-0.2, -0.15) is 0 Å². The SMILES string of the molecule is COC(=O)c1c(-c2ccc(C)cc2)csc1NC(=O)CSc1cccc(NC(=O)c2ccc(C(=O)O)cc2C(=O)O)c1. The van der Waals surface area contributed by atoms with Gasteiger partial charge in [0.25, 0.3) is 5.91 Å². The van der Waals surface area contributed by atoms with Gasteiger partial charge in [0.2, 0.25) is 5.91 Å². The maximum absolute atomic E-state index is 12.8. The van der Waals surface area contributed by atoms with Crippen molar-refractivity contribution in [3.05, 3.63) is 99.9 Å². The van der Waals surface area contributed by atoms with Gasteiger partial charge in [0, 0.05) is 21.5 Å². The van der Waals surface area contributed by atoms with Crippen LogP contribution in [0.1, 0.15) is 47.0 Å². The number of aryl methyl sites for hydroxylation is 1. The molecule has 1 heterocycles. The first-order chi connectivity index (χ1) is 20.1. The Hall–Kier alpha value is -4.94. The number of thiophene rings is 1. The Bertz CT molecular complexity index is 1700. The van der Waals surface area contributed by atoms with Crippen LogP contribution in [-0.2, 0) is 9.53 Å². The largest absolute Gasteiger partial charge is 0.478 e. The summed E-state index contributed by atoms with van der Waals surface area (Å²) in [5.41, 5.74) is 2.26. The van der Waals surface area contributed by atoms with Crippen LogP contribution < -0.4 is 10.6 Å². The zero-order valence-electron chi connectivity index (χ0n) is 22.3. The molecule has 0 aliphatic rings. The molecule has 4 aromatic rings. The van der Waals surface area contributed by atoms with E-state index in [2.05, 4.69) is 10.6 Å². The number of carboxylic acid groups (broad SMARTS) is 2. The topological polar surface area (TPSA) is 159 Å². The maximum atomic E-state index is 12.8. The molecule has 0 unspecified atom stereocenters. The molecule has 1 aromatic heterocycles. The number of rotatable bonds is 10. The van der Waals surface area contributed by atoms with Crippen LogP contribution in [0.25, 0.3) is 11.1 Å². The summed E-state index contributed by atoms with van der Waals surface area (Å²) in [5, 5.41) is 26.1. The number of thioether (sulfide) groups is 1. The number of amides is 2. The maximum Gasteiger partial charge on any atom is 0.341 e. The Morgan fingerprint density at radius 2 is 1.62 bits per heavy atom. The van der Waals surface area contributed by atoms with Gasteiger partial charge in [-0.15, -0.1) is 23.1 Å². The summed E-state index contributed by atoms with van der Waals surface area (Å²) in [7, 11) is 1.28. The number of ether oxygens (including phenoxy) is 1. The van der Waals surface area contributed by atoms with Crippen LogP contribution in [0.3, 0.4) is 0 Å². The van der Waals surface area contributed by atoms with Gasteiger partial charge in [0.15, 0.2) is 0 Å². The second-order valence-corrected chi connectivity index (χ2v) is 10.8. The highest BCUT2D eigenvalue weighted by atomic mass is 32.2. The Morgan fingerprint density at radius 1 is 0.881 bits per heavy atom. The molecule has 0 bridgehead atoms. The monoisotopic (exact) mass is 604 g/mol. The Labute approximate surface area is 248 Å². The second-order valence-electron chi connectivity index (χ2n) is 8.90. The van der Waals surface area contributed by atoms with Crippen molar-refractivity contribution >= 4 is 63.5 Å². The number of carbonyl (C=O) groups excluding carboxylic acids is 3. The number of anilines is 2. The average Bonchev–Trinajstić information content (AvgIpc) is 3.39. The van der Waals surface area contributed by atoms with Crippen molar-refractivity contribution in [1.29, 1.82) is 0 Å². The average molecular weight is 605 g/mol. The number of hydrogen-bond donors (Lipinski definition) is 4. The number of hydrogen-bond acceptors (Lipinski definition) is 8. The van der Waals surface area contributed by atoms with Crippen LogP contribution in [0.4, 0.5) is 10.7 Å². The third kappa shape index (κ3) is 7.03. The second kappa shape index (κ2) is 13.1. The van der Waals surface area contributed by atoms with Crippen molar-refractivity contribution in [2.24, 2.45) is 0 Å². The molecule has 42 heavy (non-hydrogen) atoms.